The van der Waals surface area contributed by atoms with Gasteiger partial charge in [-0.05, 0) is 59.6 Å². The third-order valence-electron chi connectivity index (χ3n) is 5.07. The number of rotatable bonds is 6. The highest BCUT2D eigenvalue weighted by Crippen LogP contribution is 2.35. The van der Waals surface area contributed by atoms with Crippen LogP contribution in [-0.2, 0) is 11.3 Å². The maximum Gasteiger partial charge on any atom is 0.254 e. The minimum Gasteiger partial charge on any atom is -0.495 e. The van der Waals surface area contributed by atoms with E-state index in [-0.39, 0.29) is 24.0 Å². The first-order valence-electron chi connectivity index (χ1n) is 10.1. The summed E-state index contributed by atoms with van der Waals surface area (Å²) in [5.74, 6) is 0.769. The van der Waals surface area contributed by atoms with Gasteiger partial charge in [0.25, 0.3) is 11.8 Å². The van der Waals surface area contributed by atoms with E-state index in [0.29, 0.717) is 46.7 Å². The van der Waals surface area contributed by atoms with Gasteiger partial charge in [0.15, 0.2) is 0 Å². The number of nitrogens with one attached hydrogen (secondary N) is 1. The third-order valence-corrected chi connectivity index (χ3v) is 5.85. The van der Waals surface area contributed by atoms with Gasteiger partial charge in [0.1, 0.15) is 16.0 Å². The molecule has 0 saturated carbocycles. The van der Waals surface area contributed by atoms with Crippen LogP contribution < -0.4 is 14.8 Å². The van der Waals surface area contributed by atoms with Crippen LogP contribution in [0.1, 0.15) is 40.1 Å². The molecule has 1 aliphatic rings. The number of carbonyl (C=O) groups excluding carboxylic acids is 2. The number of ether oxygens (including phenoxy) is 3. The smallest absolute Gasteiger partial charge is 0.254 e. The van der Waals surface area contributed by atoms with Crippen LogP contribution in [0.5, 0.6) is 11.5 Å². The highest BCUT2D eigenvalue weighted by Gasteiger charge is 2.26. The maximum atomic E-state index is 12.8. The summed E-state index contributed by atoms with van der Waals surface area (Å²) in [4.78, 5) is 27.2. The van der Waals surface area contributed by atoms with Crippen molar-refractivity contribution in [3.63, 3.8) is 0 Å². The van der Waals surface area contributed by atoms with E-state index in [1.54, 1.807) is 24.3 Å². The Kier molecular flexibility index (Phi) is 7.56. The highest BCUT2D eigenvalue weighted by molar-refractivity contribution is 9.10. The number of amides is 2. The summed E-state index contributed by atoms with van der Waals surface area (Å²) in [7, 11) is 3.06. The van der Waals surface area contributed by atoms with E-state index in [0.717, 1.165) is 5.56 Å². The van der Waals surface area contributed by atoms with Crippen molar-refractivity contribution >= 4 is 27.7 Å². The van der Waals surface area contributed by atoms with Gasteiger partial charge in [0.2, 0.25) is 0 Å². The van der Waals surface area contributed by atoms with Crippen LogP contribution in [0.2, 0.25) is 0 Å². The number of nitrogens with zero attached hydrogens (tertiary/aromatic N) is 1. The predicted octanol–water partition coefficient (Wildman–Crippen LogP) is 3.65. The second-order valence-electron chi connectivity index (χ2n) is 7.54. The van der Waals surface area contributed by atoms with E-state index in [9.17, 15) is 9.59 Å². The lowest BCUT2D eigenvalue weighted by molar-refractivity contribution is -0.0586. The van der Waals surface area contributed by atoms with Crippen molar-refractivity contribution in [1.29, 1.82) is 0 Å². The lowest BCUT2D eigenvalue weighted by Gasteiger charge is -2.35. The molecule has 8 heteroatoms. The summed E-state index contributed by atoms with van der Waals surface area (Å²) >= 11 is 3.39. The number of methoxy groups -OCH3 is 2. The zero-order chi connectivity index (χ0) is 22.5. The molecule has 1 heterocycles. The second kappa shape index (κ2) is 10.2. The Morgan fingerprint density at radius 2 is 1.58 bits per heavy atom. The molecule has 0 spiro atoms. The second-order valence-corrected chi connectivity index (χ2v) is 8.33. The quantitative estimate of drug-likeness (QED) is 0.668. The molecule has 0 radical (unpaired) electrons. The van der Waals surface area contributed by atoms with Crippen LogP contribution >= 0.6 is 15.9 Å². The molecule has 1 fully saturated rings. The average molecular weight is 491 g/mol. The Bertz CT molecular complexity index is 912. The maximum absolute atomic E-state index is 12.8. The Morgan fingerprint density at radius 1 is 1.03 bits per heavy atom. The van der Waals surface area contributed by atoms with Gasteiger partial charge in [0.05, 0.1) is 26.4 Å². The summed E-state index contributed by atoms with van der Waals surface area (Å²) in [5.41, 5.74) is 1.95. The number of carbonyl (C=O) groups is 2. The fourth-order valence-corrected chi connectivity index (χ4v) is 4.13. The van der Waals surface area contributed by atoms with Gasteiger partial charge in [0, 0.05) is 30.8 Å². The van der Waals surface area contributed by atoms with E-state index in [2.05, 4.69) is 21.2 Å². The molecule has 2 aromatic rings. The van der Waals surface area contributed by atoms with Crippen LogP contribution in [0.4, 0.5) is 0 Å². The van der Waals surface area contributed by atoms with Gasteiger partial charge in [-0.2, -0.15) is 0 Å². The molecule has 0 aliphatic carbocycles. The number of benzene rings is 2. The van der Waals surface area contributed by atoms with E-state index >= 15 is 0 Å². The first-order valence-corrected chi connectivity index (χ1v) is 10.8. The largest absolute Gasteiger partial charge is 0.495 e. The molecular weight excluding hydrogens is 464 g/mol. The molecule has 1 aliphatic heterocycles. The van der Waals surface area contributed by atoms with E-state index < -0.39 is 0 Å². The normalized spacial score (nSPS) is 18.4. The molecule has 0 aromatic heterocycles. The minimum atomic E-state index is -0.249. The van der Waals surface area contributed by atoms with Gasteiger partial charge in [-0.1, -0.05) is 12.1 Å². The predicted molar refractivity (Wildman–Crippen MR) is 121 cm³/mol. The molecule has 7 nitrogen and oxygen atoms in total. The summed E-state index contributed by atoms with van der Waals surface area (Å²) < 4.78 is 16.9. The zero-order valence-corrected chi connectivity index (χ0v) is 19.7. The molecular formula is C23H27BrN2O5. The molecule has 31 heavy (non-hydrogen) atoms. The Labute approximate surface area is 190 Å². The standard InChI is InChI=1S/C23H27BrN2O5/c1-14-12-26(13-15(2)31-14)23(28)17-7-5-16(6-8-17)11-25-22(27)18-9-19(29-3)21(24)20(10-18)30-4/h5-10,14-15H,11-13H2,1-4H3,(H,25,27). The van der Waals surface area contributed by atoms with Crippen LogP contribution in [0, 0.1) is 0 Å². The number of morpholine rings is 1. The fraction of sp³-hybridized carbons (Fsp3) is 0.391. The Hall–Kier alpha value is -2.58. The van der Waals surface area contributed by atoms with Crippen molar-refractivity contribution in [1.82, 2.24) is 10.2 Å². The molecule has 2 atom stereocenters. The fourth-order valence-electron chi connectivity index (χ4n) is 3.58. The van der Waals surface area contributed by atoms with Crippen LogP contribution in [0.3, 0.4) is 0 Å². The molecule has 2 amide bonds. The van der Waals surface area contributed by atoms with Crippen molar-refractivity contribution in [2.24, 2.45) is 0 Å². The van der Waals surface area contributed by atoms with Gasteiger partial charge >= 0.3 is 0 Å². The minimum absolute atomic E-state index is 0.00774. The Morgan fingerprint density at radius 3 is 2.10 bits per heavy atom. The monoisotopic (exact) mass is 490 g/mol. The lowest BCUT2D eigenvalue weighted by Crippen LogP contribution is -2.48. The molecule has 2 unspecified atom stereocenters. The SMILES string of the molecule is COc1cc(C(=O)NCc2ccc(C(=O)N3CC(C)OC(C)C3)cc2)cc(OC)c1Br. The van der Waals surface area contributed by atoms with Crippen molar-refractivity contribution < 1.29 is 23.8 Å². The van der Waals surface area contributed by atoms with Crippen molar-refractivity contribution in [3.05, 3.63) is 57.6 Å². The molecule has 0 bridgehead atoms. The van der Waals surface area contributed by atoms with Gasteiger partial charge in [-0.3, -0.25) is 9.59 Å². The first-order chi connectivity index (χ1) is 14.8. The van der Waals surface area contributed by atoms with Crippen LogP contribution in [-0.4, -0.2) is 56.2 Å². The molecule has 3 rings (SSSR count). The summed E-state index contributed by atoms with van der Waals surface area (Å²) in [6.07, 6.45) is 0.0519. The third kappa shape index (κ3) is 5.57. The summed E-state index contributed by atoms with van der Waals surface area (Å²) in [6, 6.07) is 10.6. The van der Waals surface area contributed by atoms with Gasteiger partial charge in [-0.15, -0.1) is 0 Å². The molecule has 166 valence electrons. The van der Waals surface area contributed by atoms with Gasteiger partial charge in [-0.25, -0.2) is 0 Å². The molecule has 1 saturated heterocycles. The summed E-state index contributed by atoms with van der Waals surface area (Å²) in [6.45, 7) is 5.44. The van der Waals surface area contributed by atoms with Gasteiger partial charge < -0.3 is 24.4 Å². The van der Waals surface area contributed by atoms with E-state index in [4.69, 9.17) is 14.2 Å². The average Bonchev–Trinajstić information content (AvgIpc) is 2.76. The first kappa shape index (κ1) is 23.1. The number of halogens is 1. The highest BCUT2D eigenvalue weighted by atomic mass is 79.9. The van der Waals surface area contributed by atoms with Crippen molar-refractivity contribution in [2.45, 2.75) is 32.6 Å². The van der Waals surface area contributed by atoms with E-state index in [1.165, 1.54) is 14.2 Å². The van der Waals surface area contributed by atoms with E-state index in [1.807, 2.05) is 30.9 Å². The van der Waals surface area contributed by atoms with Crippen LogP contribution in [0.25, 0.3) is 0 Å². The number of hydrogen-bond acceptors (Lipinski definition) is 5. The zero-order valence-electron chi connectivity index (χ0n) is 18.1. The lowest BCUT2D eigenvalue weighted by atomic mass is 10.1. The number of hydrogen-bond donors (Lipinski definition) is 1. The Balaban J connectivity index is 1.63. The van der Waals surface area contributed by atoms with Crippen molar-refractivity contribution in [2.75, 3.05) is 27.3 Å². The molecule has 1 N–H and O–H groups in total. The molecule has 2 aromatic carbocycles. The van der Waals surface area contributed by atoms with Crippen molar-refractivity contribution in [3.8, 4) is 11.5 Å². The summed E-state index contributed by atoms with van der Waals surface area (Å²) in [5, 5.41) is 2.88. The topological polar surface area (TPSA) is 77.1 Å². The van der Waals surface area contributed by atoms with Crippen LogP contribution in [0.15, 0.2) is 40.9 Å².